The monoisotopic (exact) mass is 407 g/mol. The van der Waals surface area contributed by atoms with Crippen LogP contribution in [-0.4, -0.2) is 68.5 Å². The quantitative estimate of drug-likeness (QED) is 0.806. The zero-order valence-electron chi connectivity index (χ0n) is 15.5. The molecule has 1 aromatic carbocycles. The molecule has 1 amide bonds. The average molecular weight is 407 g/mol. The molecule has 10 heteroatoms. The summed E-state index contributed by atoms with van der Waals surface area (Å²) in [5, 5.41) is 1.86. The number of hydrogen-bond donors (Lipinski definition) is 1. The lowest BCUT2D eigenvalue weighted by atomic mass is 10.2. The lowest BCUT2D eigenvalue weighted by Gasteiger charge is -2.37. The Hall–Kier alpha value is -1.65. The number of sulfonamides is 1. The fraction of sp³-hybridized carbons (Fsp3) is 0.588. The minimum atomic E-state index is -4.46. The highest BCUT2D eigenvalue weighted by Gasteiger charge is 2.34. The molecule has 152 valence electrons. The first-order valence-corrected chi connectivity index (χ1v) is 10.0. The van der Waals surface area contributed by atoms with E-state index in [9.17, 15) is 26.4 Å². The fourth-order valence-corrected chi connectivity index (χ4v) is 4.69. The molecule has 1 atom stereocenters. The summed E-state index contributed by atoms with van der Waals surface area (Å²) in [6, 6.07) is 4.46. The number of rotatable bonds is 5. The molecule has 1 saturated heterocycles. The summed E-state index contributed by atoms with van der Waals surface area (Å²) in [6.45, 7) is 4.57. The molecule has 0 radical (unpaired) electrons. The minimum Gasteiger partial charge on any atom is -0.346 e. The molecule has 1 aliphatic heterocycles. The molecule has 27 heavy (non-hydrogen) atoms. The van der Waals surface area contributed by atoms with Crippen molar-refractivity contribution in [2.75, 3.05) is 32.7 Å². The molecular weight excluding hydrogens is 383 g/mol. The maximum atomic E-state index is 12.9. The van der Waals surface area contributed by atoms with Crippen molar-refractivity contribution in [1.29, 1.82) is 0 Å². The van der Waals surface area contributed by atoms with Gasteiger partial charge in [0.05, 0.1) is 10.9 Å². The van der Waals surface area contributed by atoms with Crippen molar-refractivity contribution in [3.05, 3.63) is 29.3 Å². The molecule has 2 rings (SSSR count). The van der Waals surface area contributed by atoms with E-state index in [1.165, 1.54) is 11.2 Å². The standard InChI is InChI=1S/C17H24F3N3O3S/c1-12-4-5-13(2)15(10-12)27(25,26)23-8-6-22(7-9-23)14(3)16(24)21-11-17(18,19)20/h4-5,10,14H,6-9,11H2,1-3H3,(H,21,24). The normalized spacial score (nSPS) is 18.3. The molecule has 1 N–H and O–H groups in total. The smallest absolute Gasteiger partial charge is 0.346 e. The van der Waals surface area contributed by atoms with Crippen molar-refractivity contribution >= 4 is 15.9 Å². The van der Waals surface area contributed by atoms with Crippen LogP contribution in [0.3, 0.4) is 0 Å². The van der Waals surface area contributed by atoms with Gasteiger partial charge in [-0.2, -0.15) is 17.5 Å². The number of carbonyl (C=O) groups is 1. The van der Waals surface area contributed by atoms with E-state index in [0.717, 1.165) is 5.56 Å². The molecular formula is C17H24F3N3O3S. The van der Waals surface area contributed by atoms with Crippen LogP contribution in [0.15, 0.2) is 23.1 Å². The van der Waals surface area contributed by atoms with Crippen molar-refractivity contribution < 1.29 is 26.4 Å². The average Bonchev–Trinajstić information content (AvgIpc) is 2.60. The first kappa shape index (κ1) is 21.6. The molecule has 1 heterocycles. The van der Waals surface area contributed by atoms with Crippen molar-refractivity contribution in [3.8, 4) is 0 Å². The fourth-order valence-electron chi connectivity index (χ4n) is 2.96. The molecule has 6 nitrogen and oxygen atoms in total. The predicted molar refractivity (Wildman–Crippen MR) is 94.8 cm³/mol. The summed E-state index contributed by atoms with van der Waals surface area (Å²) >= 11 is 0. The van der Waals surface area contributed by atoms with Crippen LogP contribution < -0.4 is 5.32 Å². The van der Waals surface area contributed by atoms with Gasteiger partial charge in [-0.1, -0.05) is 12.1 Å². The van der Waals surface area contributed by atoms with Gasteiger partial charge in [0.2, 0.25) is 15.9 Å². The summed E-state index contributed by atoms with van der Waals surface area (Å²) in [5.41, 5.74) is 1.50. The van der Waals surface area contributed by atoms with E-state index >= 15 is 0 Å². The number of nitrogens with zero attached hydrogens (tertiary/aromatic N) is 2. The number of benzene rings is 1. The van der Waals surface area contributed by atoms with Gasteiger partial charge in [0.25, 0.3) is 0 Å². The first-order valence-electron chi connectivity index (χ1n) is 8.58. The first-order chi connectivity index (χ1) is 12.4. The van der Waals surface area contributed by atoms with E-state index in [1.54, 1.807) is 24.0 Å². The molecule has 0 saturated carbocycles. The van der Waals surface area contributed by atoms with Gasteiger partial charge in [-0.25, -0.2) is 8.42 Å². The van der Waals surface area contributed by atoms with Crippen molar-refractivity contribution in [3.63, 3.8) is 0 Å². The summed E-state index contributed by atoms with van der Waals surface area (Å²) in [4.78, 5) is 13.8. The van der Waals surface area contributed by atoms with Crippen LogP contribution in [0.25, 0.3) is 0 Å². The third-order valence-electron chi connectivity index (χ3n) is 4.62. The van der Waals surface area contributed by atoms with Gasteiger partial charge in [-0.3, -0.25) is 9.69 Å². The van der Waals surface area contributed by atoms with Crippen molar-refractivity contribution in [2.24, 2.45) is 0 Å². The van der Waals surface area contributed by atoms with Gasteiger partial charge in [0, 0.05) is 26.2 Å². The Morgan fingerprint density at radius 3 is 2.33 bits per heavy atom. The number of nitrogens with one attached hydrogen (secondary N) is 1. The van der Waals surface area contributed by atoms with Gasteiger partial charge in [-0.15, -0.1) is 0 Å². The second-order valence-electron chi connectivity index (χ2n) is 6.72. The molecule has 1 aliphatic rings. The number of hydrogen-bond acceptors (Lipinski definition) is 4. The van der Waals surface area contributed by atoms with Crippen LogP contribution in [0.2, 0.25) is 0 Å². The molecule has 1 fully saturated rings. The predicted octanol–water partition coefficient (Wildman–Crippen LogP) is 1.68. The van der Waals surface area contributed by atoms with Crippen molar-refractivity contribution in [2.45, 2.75) is 37.9 Å². The van der Waals surface area contributed by atoms with E-state index in [0.29, 0.717) is 5.56 Å². The van der Waals surface area contributed by atoms with E-state index in [2.05, 4.69) is 0 Å². The Kier molecular flexibility index (Phi) is 6.54. The van der Waals surface area contributed by atoms with Gasteiger partial charge >= 0.3 is 6.18 Å². The zero-order chi connectivity index (χ0) is 20.4. The summed E-state index contributed by atoms with van der Waals surface area (Å²) < 4.78 is 63.8. The Bertz CT molecular complexity index is 788. The Balaban J connectivity index is 2.00. The number of aryl methyl sites for hydroxylation is 2. The summed E-state index contributed by atoms with van der Waals surface area (Å²) in [6.07, 6.45) is -4.46. The molecule has 0 aliphatic carbocycles. The lowest BCUT2D eigenvalue weighted by molar-refractivity contribution is -0.141. The van der Waals surface area contributed by atoms with Crippen LogP contribution >= 0.6 is 0 Å². The van der Waals surface area contributed by atoms with Crippen LogP contribution in [0.1, 0.15) is 18.1 Å². The summed E-state index contributed by atoms with van der Waals surface area (Å²) in [7, 11) is -3.66. The SMILES string of the molecule is Cc1ccc(C)c(S(=O)(=O)N2CCN(C(C)C(=O)NCC(F)(F)F)CC2)c1. The van der Waals surface area contributed by atoms with Crippen LogP contribution in [0, 0.1) is 13.8 Å². The number of halogens is 3. The lowest BCUT2D eigenvalue weighted by Crippen LogP contribution is -2.55. The highest BCUT2D eigenvalue weighted by molar-refractivity contribution is 7.89. The second-order valence-corrected chi connectivity index (χ2v) is 8.62. The topological polar surface area (TPSA) is 69.7 Å². The zero-order valence-corrected chi connectivity index (χ0v) is 16.3. The number of alkyl halides is 3. The molecule has 1 aromatic rings. The van der Waals surface area contributed by atoms with Crippen molar-refractivity contribution in [1.82, 2.24) is 14.5 Å². The maximum absolute atomic E-state index is 12.9. The highest BCUT2D eigenvalue weighted by Crippen LogP contribution is 2.23. The second kappa shape index (κ2) is 8.15. The number of amides is 1. The largest absolute Gasteiger partial charge is 0.405 e. The maximum Gasteiger partial charge on any atom is 0.405 e. The Morgan fingerprint density at radius 2 is 1.78 bits per heavy atom. The van der Waals surface area contributed by atoms with Gasteiger partial charge in [-0.05, 0) is 38.0 Å². The number of carbonyl (C=O) groups excluding carboxylic acids is 1. The Labute approximate surface area is 157 Å². The summed E-state index contributed by atoms with van der Waals surface area (Å²) in [5.74, 6) is -0.724. The van der Waals surface area contributed by atoms with E-state index in [4.69, 9.17) is 0 Å². The van der Waals surface area contributed by atoms with Crippen LogP contribution in [0.4, 0.5) is 13.2 Å². The molecule has 0 aromatic heterocycles. The Morgan fingerprint density at radius 1 is 1.19 bits per heavy atom. The van der Waals surface area contributed by atoms with Gasteiger partial charge in [0.1, 0.15) is 6.54 Å². The minimum absolute atomic E-state index is 0.173. The molecule has 1 unspecified atom stereocenters. The molecule has 0 spiro atoms. The highest BCUT2D eigenvalue weighted by atomic mass is 32.2. The number of piperazine rings is 1. The van der Waals surface area contributed by atoms with E-state index in [-0.39, 0.29) is 31.1 Å². The van der Waals surface area contributed by atoms with E-state index in [1.807, 2.05) is 18.3 Å². The van der Waals surface area contributed by atoms with Crippen LogP contribution in [-0.2, 0) is 14.8 Å². The van der Waals surface area contributed by atoms with E-state index < -0.39 is 34.7 Å². The third kappa shape index (κ3) is 5.43. The van der Waals surface area contributed by atoms with Gasteiger partial charge < -0.3 is 5.32 Å². The molecule has 0 bridgehead atoms. The third-order valence-corrected chi connectivity index (χ3v) is 6.67. The van der Waals surface area contributed by atoms with Crippen LogP contribution in [0.5, 0.6) is 0 Å². The van der Waals surface area contributed by atoms with Gasteiger partial charge in [0.15, 0.2) is 0 Å².